The van der Waals surface area contributed by atoms with Crippen LogP contribution in [-0.2, 0) is 26.8 Å². The highest BCUT2D eigenvalue weighted by Gasteiger charge is 2.30. The third kappa shape index (κ3) is 3.30. The Balaban J connectivity index is 2.30. The first-order valence-corrected chi connectivity index (χ1v) is 8.95. The monoisotopic (exact) mass is 332 g/mol. The van der Waals surface area contributed by atoms with Gasteiger partial charge in [-0.15, -0.1) is 0 Å². The van der Waals surface area contributed by atoms with Crippen molar-refractivity contribution in [2.24, 2.45) is 0 Å². The molecule has 1 aromatic rings. The molecule has 0 aromatic heterocycles. The minimum atomic E-state index is -3.94. The predicted octanol–water partition coefficient (Wildman–Crippen LogP) is 1.06. The molecule has 9 heteroatoms. The van der Waals surface area contributed by atoms with Crippen LogP contribution in [0.5, 0.6) is 5.75 Å². The van der Waals surface area contributed by atoms with E-state index in [2.05, 4.69) is 0 Å². The third-order valence-corrected chi connectivity index (χ3v) is 5.80. The molecular weight excluding hydrogens is 316 g/mol. The molecule has 2 rings (SSSR count). The van der Waals surface area contributed by atoms with Crippen molar-refractivity contribution >= 4 is 26.7 Å². The average molecular weight is 332 g/mol. The first-order chi connectivity index (χ1) is 9.70. The number of hydrogen-bond donors (Lipinski definition) is 3. The molecule has 0 amide bonds. The molecule has 0 aliphatic carbocycles. The number of aliphatic hydroxyl groups excluding tert-OH is 1. The second kappa shape index (κ2) is 5.57. The maximum Gasteiger partial charge on any atom is 0.330 e. The Labute approximate surface area is 125 Å². The Morgan fingerprint density at radius 3 is 2.48 bits per heavy atom. The van der Waals surface area contributed by atoms with E-state index in [1.807, 2.05) is 18.6 Å². The van der Waals surface area contributed by atoms with Crippen LogP contribution in [0.4, 0.5) is 5.69 Å². The van der Waals surface area contributed by atoms with Crippen molar-refractivity contribution in [2.75, 3.05) is 4.31 Å². The van der Waals surface area contributed by atoms with E-state index in [0.29, 0.717) is 5.56 Å². The number of aliphatic hydroxyl groups is 1. The van der Waals surface area contributed by atoms with Gasteiger partial charge in [0.1, 0.15) is 11.4 Å². The van der Waals surface area contributed by atoms with Crippen LogP contribution >= 0.6 is 0 Å². The fourth-order valence-electron chi connectivity index (χ4n) is 1.76. The molecule has 0 bridgehead atoms. The van der Waals surface area contributed by atoms with E-state index >= 15 is 0 Å². The lowest BCUT2D eigenvalue weighted by Gasteiger charge is -2.16. The summed E-state index contributed by atoms with van der Waals surface area (Å²) in [5.41, 5.74) is 0.645. The Morgan fingerprint density at radius 1 is 1.33 bits per heavy atom. The van der Waals surface area contributed by atoms with Gasteiger partial charge in [0.25, 0.3) is 0 Å². The minimum Gasteiger partial charge on any atom is -0.506 e. The maximum absolute atomic E-state index is 11.8. The highest BCUT2D eigenvalue weighted by molar-refractivity contribution is 7.91. The van der Waals surface area contributed by atoms with E-state index in [0.717, 1.165) is 10.5 Å². The summed E-state index contributed by atoms with van der Waals surface area (Å²) in [5.74, 6) is -0.526. The van der Waals surface area contributed by atoms with Crippen LogP contribution in [0.2, 0.25) is 0 Å². The lowest BCUT2D eigenvalue weighted by Crippen LogP contribution is -2.29. The number of rotatable bonds is 4. The Morgan fingerprint density at radius 2 is 2.00 bits per heavy atom. The van der Waals surface area contributed by atoms with Crippen molar-refractivity contribution < 1.29 is 22.8 Å². The number of benzene rings is 1. The van der Waals surface area contributed by atoms with Crippen molar-refractivity contribution in [3.63, 3.8) is 0 Å². The van der Waals surface area contributed by atoms with E-state index in [1.54, 1.807) is 6.07 Å². The molecular formula is C12H16N2O5S2. The average Bonchev–Trinajstić information content (AvgIpc) is 2.62. The van der Waals surface area contributed by atoms with Gasteiger partial charge in [-0.25, -0.2) is 9.03 Å². The SMILES string of the molecule is CC(C)S(=O)Cc1ccc(N2C=C(O)NS2(=O)=O)c(O)c1. The van der Waals surface area contributed by atoms with Crippen LogP contribution in [0.1, 0.15) is 19.4 Å². The van der Waals surface area contributed by atoms with Crippen molar-refractivity contribution in [3.8, 4) is 5.75 Å². The third-order valence-electron chi connectivity index (χ3n) is 2.84. The van der Waals surface area contributed by atoms with Gasteiger partial charge < -0.3 is 10.2 Å². The molecule has 1 aliphatic heterocycles. The van der Waals surface area contributed by atoms with Crippen LogP contribution in [0.3, 0.4) is 0 Å². The molecule has 0 fully saturated rings. The summed E-state index contributed by atoms with van der Waals surface area (Å²) in [5, 5.41) is 19.2. The van der Waals surface area contributed by atoms with Gasteiger partial charge in [-0.1, -0.05) is 19.9 Å². The molecule has 1 aromatic carbocycles. The zero-order valence-corrected chi connectivity index (χ0v) is 13.1. The van der Waals surface area contributed by atoms with Crippen molar-refractivity contribution in [1.82, 2.24) is 4.72 Å². The summed E-state index contributed by atoms with van der Waals surface area (Å²) in [4.78, 5) is 0. The van der Waals surface area contributed by atoms with Crippen molar-refractivity contribution in [1.29, 1.82) is 0 Å². The summed E-state index contributed by atoms with van der Waals surface area (Å²) in [6.07, 6.45) is 0.955. The van der Waals surface area contributed by atoms with Gasteiger partial charge in [0.05, 0.1) is 6.20 Å². The van der Waals surface area contributed by atoms with Crippen LogP contribution in [0.15, 0.2) is 30.3 Å². The van der Waals surface area contributed by atoms with Crippen molar-refractivity contribution in [3.05, 3.63) is 35.8 Å². The normalized spacial score (nSPS) is 18.4. The van der Waals surface area contributed by atoms with Crippen molar-refractivity contribution in [2.45, 2.75) is 24.9 Å². The van der Waals surface area contributed by atoms with Crippen LogP contribution < -0.4 is 9.03 Å². The van der Waals surface area contributed by atoms with Crippen LogP contribution in [-0.4, -0.2) is 28.1 Å². The Kier molecular flexibility index (Phi) is 4.15. The van der Waals surface area contributed by atoms with Gasteiger partial charge in [0.2, 0.25) is 5.88 Å². The molecule has 7 nitrogen and oxygen atoms in total. The highest BCUT2D eigenvalue weighted by atomic mass is 32.2. The quantitative estimate of drug-likeness (QED) is 0.764. The molecule has 0 spiro atoms. The molecule has 1 heterocycles. The van der Waals surface area contributed by atoms with Gasteiger partial charge in [-0.05, 0) is 17.7 Å². The van der Waals surface area contributed by atoms with Crippen LogP contribution in [0.25, 0.3) is 0 Å². The van der Waals surface area contributed by atoms with Crippen LogP contribution in [0, 0.1) is 0 Å². The fourth-order valence-corrected chi connectivity index (χ4v) is 3.67. The number of phenolic OH excluding ortho intramolecular Hbond substituents is 1. The summed E-state index contributed by atoms with van der Waals surface area (Å²) in [6, 6.07) is 4.36. The Hall–Kier alpha value is -1.74. The number of hydrogen-bond acceptors (Lipinski definition) is 5. The van der Waals surface area contributed by atoms with E-state index in [1.165, 1.54) is 12.1 Å². The number of nitrogens with one attached hydrogen (secondary N) is 1. The highest BCUT2D eigenvalue weighted by Crippen LogP contribution is 2.32. The van der Waals surface area contributed by atoms with E-state index in [4.69, 9.17) is 0 Å². The summed E-state index contributed by atoms with van der Waals surface area (Å²) in [6.45, 7) is 3.67. The molecule has 1 atom stereocenters. The van der Waals surface area contributed by atoms with Gasteiger partial charge in [-0.3, -0.25) is 4.21 Å². The van der Waals surface area contributed by atoms with E-state index < -0.39 is 26.9 Å². The second-order valence-corrected chi connectivity index (χ2v) is 8.35. The molecule has 0 radical (unpaired) electrons. The number of aromatic hydroxyl groups is 1. The summed E-state index contributed by atoms with van der Waals surface area (Å²) < 4.78 is 37.8. The molecule has 0 saturated carbocycles. The molecule has 0 saturated heterocycles. The van der Waals surface area contributed by atoms with E-state index in [9.17, 15) is 22.8 Å². The minimum absolute atomic E-state index is 0.00476. The molecule has 116 valence electrons. The largest absolute Gasteiger partial charge is 0.506 e. The van der Waals surface area contributed by atoms with Gasteiger partial charge in [0, 0.05) is 21.8 Å². The zero-order valence-electron chi connectivity index (χ0n) is 11.5. The second-order valence-electron chi connectivity index (χ2n) is 4.81. The molecule has 1 unspecified atom stereocenters. The van der Waals surface area contributed by atoms with Gasteiger partial charge in [0.15, 0.2) is 0 Å². The standard InChI is InChI=1S/C12H16N2O5S2/c1-8(2)20(17)7-9-3-4-10(11(15)5-9)14-6-12(16)13-21(14,18)19/h3-6,8,13,15-16H,7H2,1-2H3. The van der Waals surface area contributed by atoms with E-state index in [-0.39, 0.29) is 22.4 Å². The number of nitrogens with zero attached hydrogens (tertiary/aromatic N) is 1. The summed E-state index contributed by atoms with van der Waals surface area (Å²) in [7, 11) is -5.01. The first-order valence-electron chi connectivity index (χ1n) is 6.13. The topological polar surface area (TPSA) is 107 Å². The summed E-state index contributed by atoms with van der Waals surface area (Å²) >= 11 is 0. The zero-order chi connectivity index (χ0) is 15.8. The lowest BCUT2D eigenvalue weighted by atomic mass is 10.2. The smallest absolute Gasteiger partial charge is 0.330 e. The molecule has 3 N–H and O–H groups in total. The fraction of sp³-hybridized carbons (Fsp3) is 0.333. The number of phenols is 1. The Bertz CT molecular complexity index is 712. The predicted molar refractivity (Wildman–Crippen MR) is 80.3 cm³/mol. The van der Waals surface area contributed by atoms with Gasteiger partial charge >= 0.3 is 10.2 Å². The first kappa shape index (κ1) is 15.6. The molecule has 21 heavy (non-hydrogen) atoms. The maximum atomic E-state index is 11.8. The lowest BCUT2D eigenvalue weighted by molar-refractivity contribution is 0.392. The molecule has 1 aliphatic rings. The van der Waals surface area contributed by atoms with Gasteiger partial charge in [-0.2, -0.15) is 8.42 Å². The number of anilines is 1.